The van der Waals surface area contributed by atoms with Crippen LogP contribution in [0.25, 0.3) is 0 Å². The molecular formula is C7H11N2NaOS2. The number of nitrogens with zero attached hydrogens (tertiary/aromatic N) is 1. The molecule has 0 aromatic rings. The Bertz CT molecular complexity index is 183. The molecule has 6 heteroatoms. The van der Waals surface area contributed by atoms with Gasteiger partial charge in [0.1, 0.15) is 0 Å². The fourth-order valence-corrected chi connectivity index (χ4v) is 1.71. The summed E-state index contributed by atoms with van der Waals surface area (Å²) in [5, 5.41) is 0. The molecule has 0 radical (unpaired) electrons. The van der Waals surface area contributed by atoms with Crippen LogP contribution in [0.15, 0.2) is 0 Å². The quantitative estimate of drug-likeness (QED) is 0.294. The van der Waals surface area contributed by atoms with E-state index in [1.807, 2.05) is 4.90 Å². The first-order valence-electron chi connectivity index (χ1n) is 3.86. The molecule has 0 spiro atoms. The van der Waals surface area contributed by atoms with Crippen molar-refractivity contribution in [1.82, 2.24) is 4.90 Å². The zero-order valence-electron chi connectivity index (χ0n) is 7.66. The number of primary amides is 1. The molecule has 1 rings (SSSR count). The van der Waals surface area contributed by atoms with Crippen LogP contribution < -0.4 is 35.3 Å². The van der Waals surface area contributed by atoms with Gasteiger partial charge in [-0.1, -0.05) is 4.32 Å². The van der Waals surface area contributed by atoms with Crippen LogP contribution >= 0.6 is 12.2 Å². The third-order valence-electron chi connectivity index (χ3n) is 2.16. The number of likely N-dealkylation sites (tertiary alicyclic amines) is 1. The molecule has 3 nitrogen and oxygen atoms in total. The van der Waals surface area contributed by atoms with E-state index in [2.05, 4.69) is 0 Å². The molecule has 1 aliphatic rings. The van der Waals surface area contributed by atoms with Crippen molar-refractivity contribution in [2.45, 2.75) is 12.8 Å². The minimum absolute atomic E-state index is 0. The Morgan fingerprint density at radius 3 is 2.23 bits per heavy atom. The minimum atomic E-state index is -0.204. The number of rotatable bonds is 1. The van der Waals surface area contributed by atoms with Crippen LogP contribution in [0.1, 0.15) is 12.8 Å². The Hall–Kier alpha value is 0.580. The van der Waals surface area contributed by atoms with E-state index in [1.165, 1.54) is 0 Å². The smallest absolute Gasteiger partial charge is 0.411 e. The van der Waals surface area contributed by atoms with Gasteiger partial charge in [0.15, 0.2) is 0 Å². The number of thiocarbonyl (C=S) groups is 1. The summed E-state index contributed by atoms with van der Waals surface area (Å²) in [5.41, 5.74) is 5.17. The van der Waals surface area contributed by atoms with E-state index in [0.717, 1.165) is 25.9 Å². The molecule has 0 aromatic carbocycles. The van der Waals surface area contributed by atoms with Gasteiger partial charge < -0.3 is 35.5 Å². The molecule has 2 N–H and O–H groups in total. The molecule has 13 heavy (non-hydrogen) atoms. The number of carbonyl (C=O) groups excluding carboxylic acids is 1. The number of hydrogen-bond acceptors (Lipinski definition) is 3. The Labute approximate surface area is 111 Å². The molecule has 1 fully saturated rings. The second-order valence-electron chi connectivity index (χ2n) is 2.93. The molecule has 0 atom stereocenters. The average Bonchev–Trinajstić information content (AvgIpc) is 2.04. The molecule has 0 aromatic heterocycles. The van der Waals surface area contributed by atoms with E-state index in [9.17, 15) is 4.79 Å². The van der Waals surface area contributed by atoms with Gasteiger partial charge in [0, 0.05) is 19.0 Å². The van der Waals surface area contributed by atoms with Gasteiger partial charge in [-0.25, -0.2) is 0 Å². The van der Waals surface area contributed by atoms with Gasteiger partial charge in [0.05, 0.1) is 0 Å². The SMILES string of the molecule is NC(=O)C1CCN(C(=S)[S-])CC1.[Na+]. The van der Waals surface area contributed by atoms with Crippen molar-refractivity contribution in [2.75, 3.05) is 13.1 Å². The summed E-state index contributed by atoms with van der Waals surface area (Å²) in [5.74, 6) is -0.185. The van der Waals surface area contributed by atoms with E-state index in [4.69, 9.17) is 30.6 Å². The zero-order chi connectivity index (χ0) is 9.14. The number of piperidine rings is 1. The molecular weight excluding hydrogens is 215 g/mol. The minimum Gasteiger partial charge on any atom is -0.411 e. The fourth-order valence-electron chi connectivity index (χ4n) is 1.35. The molecule has 0 aliphatic carbocycles. The predicted molar refractivity (Wildman–Crippen MR) is 53.5 cm³/mol. The summed E-state index contributed by atoms with van der Waals surface area (Å²) in [6.07, 6.45) is 1.57. The molecule has 0 saturated carbocycles. The Morgan fingerprint density at radius 2 is 1.92 bits per heavy atom. The van der Waals surface area contributed by atoms with E-state index < -0.39 is 0 Å². The van der Waals surface area contributed by atoms with Crippen molar-refractivity contribution in [1.29, 1.82) is 0 Å². The normalized spacial score (nSPS) is 17.7. The molecule has 1 heterocycles. The van der Waals surface area contributed by atoms with Gasteiger partial charge in [-0.2, -0.15) is 0 Å². The van der Waals surface area contributed by atoms with Crippen LogP contribution in [0.3, 0.4) is 0 Å². The molecule has 1 saturated heterocycles. The van der Waals surface area contributed by atoms with Crippen LogP contribution in [-0.4, -0.2) is 28.2 Å². The average molecular weight is 226 g/mol. The molecule has 0 unspecified atom stereocenters. The van der Waals surface area contributed by atoms with Crippen LogP contribution in [0.2, 0.25) is 0 Å². The largest absolute Gasteiger partial charge is 1.00 e. The van der Waals surface area contributed by atoms with Gasteiger partial charge in [0.2, 0.25) is 5.91 Å². The Kier molecular flexibility index (Phi) is 6.41. The van der Waals surface area contributed by atoms with Gasteiger partial charge in [-0.15, -0.1) is 0 Å². The van der Waals surface area contributed by atoms with E-state index in [-0.39, 0.29) is 41.4 Å². The summed E-state index contributed by atoms with van der Waals surface area (Å²) >= 11 is 9.69. The number of nitrogens with two attached hydrogens (primary N) is 1. The number of carbonyl (C=O) groups is 1. The molecule has 0 bridgehead atoms. The maximum Gasteiger partial charge on any atom is 1.00 e. The first-order valence-corrected chi connectivity index (χ1v) is 4.68. The summed E-state index contributed by atoms with van der Waals surface area (Å²) in [6.45, 7) is 1.55. The Morgan fingerprint density at radius 1 is 1.46 bits per heavy atom. The van der Waals surface area contributed by atoms with Crippen molar-refractivity contribution >= 4 is 35.1 Å². The topological polar surface area (TPSA) is 46.3 Å². The van der Waals surface area contributed by atoms with Crippen molar-refractivity contribution in [3.05, 3.63) is 0 Å². The second-order valence-corrected chi connectivity index (χ2v) is 3.96. The summed E-state index contributed by atoms with van der Waals surface area (Å²) < 4.78 is 0.498. The van der Waals surface area contributed by atoms with Crippen molar-refractivity contribution in [3.63, 3.8) is 0 Å². The number of hydrogen-bond donors (Lipinski definition) is 1. The third-order valence-corrected chi connectivity index (χ3v) is 2.67. The predicted octanol–water partition coefficient (Wildman–Crippen LogP) is -2.98. The van der Waals surface area contributed by atoms with Crippen LogP contribution in [0.4, 0.5) is 0 Å². The molecule has 1 amide bonds. The van der Waals surface area contributed by atoms with E-state index in [1.54, 1.807) is 0 Å². The monoisotopic (exact) mass is 226 g/mol. The summed E-state index contributed by atoms with van der Waals surface area (Å²) in [7, 11) is 0. The second kappa shape index (κ2) is 6.14. The van der Waals surface area contributed by atoms with Crippen molar-refractivity contribution < 1.29 is 34.4 Å². The zero-order valence-corrected chi connectivity index (χ0v) is 11.3. The maximum absolute atomic E-state index is 10.8. The van der Waals surface area contributed by atoms with Gasteiger partial charge in [0.25, 0.3) is 0 Å². The Balaban J connectivity index is 0.00000144. The fraction of sp³-hybridized carbons (Fsp3) is 0.714. The van der Waals surface area contributed by atoms with Gasteiger partial charge in [-0.3, -0.25) is 4.79 Å². The first-order chi connectivity index (χ1) is 5.61. The number of amides is 1. The first kappa shape index (κ1) is 13.6. The van der Waals surface area contributed by atoms with Crippen LogP contribution in [0, 0.1) is 5.92 Å². The molecule has 68 valence electrons. The summed E-state index contributed by atoms with van der Waals surface area (Å²) in [6, 6.07) is 0. The standard InChI is InChI=1S/C7H12N2OS2.Na/c8-6(10)5-1-3-9(4-2-5)7(11)12;/h5H,1-4H2,(H2,8,10)(H,11,12);/q;+1/p-1. The molecule has 1 aliphatic heterocycles. The van der Waals surface area contributed by atoms with E-state index in [0.29, 0.717) is 4.32 Å². The van der Waals surface area contributed by atoms with Crippen molar-refractivity contribution in [3.8, 4) is 0 Å². The van der Waals surface area contributed by atoms with Crippen LogP contribution in [0.5, 0.6) is 0 Å². The van der Waals surface area contributed by atoms with Crippen LogP contribution in [-0.2, 0) is 17.4 Å². The van der Waals surface area contributed by atoms with E-state index >= 15 is 0 Å². The van der Waals surface area contributed by atoms with Crippen molar-refractivity contribution in [2.24, 2.45) is 11.7 Å². The third kappa shape index (κ3) is 4.08. The maximum atomic E-state index is 10.8. The van der Waals surface area contributed by atoms with Gasteiger partial charge in [-0.05, 0) is 12.8 Å². The summed E-state index contributed by atoms with van der Waals surface area (Å²) in [4.78, 5) is 12.7. The van der Waals surface area contributed by atoms with Gasteiger partial charge >= 0.3 is 29.6 Å².